The average molecular weight is 290 g/mol. The van der Waals surface area contributed by atoms with Crippen LogP contribution in [0.3, 0.4) is 0 Å². The molecule has 108 valence electrons. The van der Waals surface area contributed by atoms with Crippen LogP contribution < -0.4 is 0 Å². The van der Waals surface area contributed by atoms with Crippen LogP contribution in [0.15, 0.2) is 48.7 Å². The van der Waals surface area contributed by atoms with Crippen LogP contribution in [0.5, 0.6) is 0 Å². The molecule has 0 saturated heterocycles. The highest BCUT2D eigenvalue weighted by Crippen LogP contribution is 2.27. The molecule has 4 heteroatoms. The van der Waals surface area contributed by atoms with E-state index in [1.165, 1.54) is 5.56 Å². The number of pyridine rings is 1. The lowest BCUT2D eigenvalue weighted by molar-refractivity contribution is 0.0697. The molecule has 2 heterocycles. The second kappa shape index (κ2) is 5.38. The van der Waals surface area contributed by atoms with Crippen molar-refractivity contribution in [1.29, 1.82) is 5.26 Å². The minimum Gasteiger partial charge on any atom is -0.478 e. The fraction of sp³-hybridized carbons (Fsp3) is 0.111. The number of carboxylic acids is 1. The zero-order valence-electron chi connectivity index (χ0n) is 12.1. The second-order valence-electron chi connectivity index (χ2n) is 5.08. The van der Waals surface area contributed by atoms with Gasteiger partial charge in [-0.15, -0.1) is 0 Å². The van der Waals surface area contributed by atoms with Gasteiger partial charge < -0.3 is 9.51 Å². The van der Waals surface area contributed by atoms with Gasteiger partial charge in [-0.2, -0.15) is 5.26 Å². The van der Waals surface area contributed by atoms with E-state index >= 15 is 0 Å². The topological polar surface area (TPSA) is 65.5 Å². The summed E-state index contributed by atoms with van der Waals surface area (Å²) in [4.78, 5) is 10.9. The highest BCUT2D eigenvalue weighted by Gasteiger charge is 2.11. The van der Waals surface area contributed by atoms with Crippen LogP contribution in [0.2, 0.25) is 0 Å². The molecule has 0 aliphatic heterocycles. The minimum atomic E-state index is -0.947. The number of carboxylic acid groups (broad SMARTS) is 1. The molecule has 0 aliphatic rings. The first-order valence-electron chi connectivity index (χ1n) is 7.02. The lowest BCUT2D eigenvalue weighted by Crippen LogP contribution is -1.96. The molecule has 22 heavy (non-hydrogen) atoms. The molecule has 4 nitrogen and oxygen atoms in total. The predicted octanol–water partition coefficient (Wildman–Crippen LogP) is 3.74. The first kappa shape index (κ1) is 13.9. The van der Waals surface area contributed by atoms with Crippen LogP contribution in [-0.4, -0.2) is 15.5 Å². The fourth-order valence-electron chi connectivity index (χ4n) is 2.55. The van der Waals surface area contributed by atoms with Gasteiger partial charge in [0.25, 0.3) is 0 Å². The first-order valence-corrected chi connectivity index (χ1v) is 7.02. The number of nitriles is 1. The van der Waals surface area contributed by atoms with Crippen molar-refractivity contribution >= 4 is 11.5 Å². The Kier molecular flexibility index (Phi) is 3.40. The van der Waals surface area contributed by atoms with E-state index in [1.54, 1.807) is 24.3 Å². The monoisotopic (exact) mass is 290 g/mol. The fourth-order valence-corrected chi connectivity index (χ4v) is 2.55. The van der Waals surface area contributed by atoms with Crippen molar-refractivity contribution in [2.24, 2.45) is 0 Å². The molecular formula is C18H14N2O2. The van der Waals surface area contributed by atoms with Crippen molar-refractivity contribution in [3.63, 3.8) is 0 Å². The number of carbonyl (C=O) groups is 1. The molecule has 0 fully saturated rings. The van der Waals surface area contributed by atoms with Crippen LogP contribution in [0.1, 0.15) is 28.4 Å². The third-order valence-corrected chi connectivity index (χ3v) is 3.78. The quantitative estimate of drug-likeness (QED) is 0.799. The Morgan fingerprint density at radius 3 is 2.55 bits per heavy atom. The predicted molar refractivity (Wildman–Crippen MR) is 83.9 cm³/mol. The molecule has 0 atom stereocenters. The molecule has 0 radical (unpaired) electrons. The molecule has 1 N–H and O–H groups in total. The summed E-state index contributed by atoms with van der Waals surface area (Å²) in [6.07, 6.45) is 2.93. The zero-order chi connectivity index (χ0) is 15.7. The maximum atomic E-state index is 10.9. The number of benzene rings is 1. The highest BCUT2D eigenvalue weighted by molar-refractivity contribution is 5.88. The standard InChI is InChI=1S/C18H14N2O2/c1-2-12-3-8-16-15(10-19)9-17(20(16)11-12)13-4-6-14(7-5-13)18(21)22/h3-9,11H,2H2,1H3,(H,21,22). The summed E-state index contributed by atoms with van der Waals surface area (Å²) in [7, 11) is 0. The summed E-state index contributed by atoms with van der Waals surface area (Å²) in [5.41, 5.74) is 4.67. The van der Waals surface area contributed by atoms with Crippen molar-refractivity contribution in [2.45, 2.75) is 13.3 Å². The molecule has 0 saturated carbocycles. The van der Waals surface area contributed by atoms with Gasteiger partial charge in [0.1, 0.15) is 6.07 Å². The summed E-state index contributed by atoms with van der Waals surface area (Å²) in [5.74, 6) is -0.947. The number of aryl methyl sites for hydroxylation is 1. The van der Waals surface area contributed by atoms with Gasteiger partial charge >= 0.3 is 5.97 Å². The molecule has 3 aromatic rings. The molecular weight excluding hydrogens is 276 g/mol. The van der Waals surface area contributed by atoms with Gasteiger partial charge in [-0.05, 0) is 41.8 Å². The number of aromatic carboxylic acids is 1. The molecule has 2 aromatic heterocycles. The van der Waals surface area contributed by atoms with E-state index in [-0.39, 0.29) is 5.56 Å². The number of hydrogen-bond donors (Lipinski definition) is 1. The minimum absolute atomic E-state index is 0.249. The number of fused-ring (bicyclic) bond motifs is 1. The SMILES string of the molecule is CCc1ccc2c(C#N)cc(-c3ccc(C(=O)O)cc3)n2c1. The summed E-state index contributed by atoms with van der Waals surface area (Å²) < 4.78 is 1.99. The van der Waals surface area contributed by atoms with Crippen LogP contribution in [-0.2, 0) is 6.42 Å². The number of hydrogen-bond acceptors (Lipinski definition) is 2. The van der Waals surface area contributed by atoms with E-state index < -0.39 is 5.97 Å². The number of rotatable bonds is 3. The second-order valence-corrected chi connectivity index (χ2v) is 5.08. The summed E-state index contributed by atoms with van der Waals surface area (Å²) in [5, 5.41) is 18.3. The molecule has 0 bridgehead atoms. The van der Waals surface area contributed by atoms with Crippen molar-refractivity contribution < 1.29 is 9.90 Å². The average Bonchev–Trinajstić information content (AvgIpc) is 2.92. The summed E-state index contributed by atoms with van der Waals surface area (Å²) in [6, 6.07) is 14.7. The van der Waals surface area contributed by atoms with E-state index in [0.29, 0.717) is 5.56 Å². The Labute approximate surface area is 127 Å². The molecule has 0 unspecified atom stereocenters. The Bertz CT molecular complexity index is 899. The largest absolute Gasteiger partial charge is 0.478 e. The van der Waals surface area contributed by atoms with Crippen molar-refractivity contribution in [3.05, 3.63) is 65.4 Å². The Balaban J connectivity index is 2.21. The third kappa shape index (κ3) is 2.23. The highest BCUT2D eigenvalue weighted by atomic mass is 16.4. The van der Waals surface area contributed by atoms with Crippen molar-refractivity contribution in [3.8, 4) is 17.3 Å². The van der Waals surface area contributed by atoms with E-state index in [2.05, 4.69) is 13.0 Å². The van der Waals surface area contributed by atoms with Crippen LogP contribution >= 0.6 is 0 Å². The van der Waals surface area contributed by atoms with E-state index in [1.807, 2.05) is 28.8 Å². The maximum absolute atomic E-state index is 10.9. The van der Waals surface area contributed by atoms with Crippen molar-refractivity contribution in [1.82, 2.24) is 4.40 Å². The van der Waals surface area contributed by atoms with E-state index in [0.717, 1.165) is 23.2 Å². The first-order chi connectivity index (χ1) is 10.6. The van der Waals surface area contributed by atoms with Gasteiger partial charge in [0, 0.05) is 6.20 Å². The zero-order valence-corrected chi connectivity index (χ0v) is 12.1. The van der Waals surface area contributed by atoms with Crippen LogP contribution in [0, 0.1) is 11.3 Å². The number of nitrogens with zero attached hydrogens (tertiary/aromatic N) is 2. The Hall–Kier alpha value is -3.06. The van der Waals surface area contributed by atoms with E-state index in [4.69, 9.17) is 5.11 Å². The van der Waals surface area contributed by atoms with Crippen LogP contribution in [0.4, 0.5) is 0 Å². The summed E-state index contributed by atoms with van der Waals surface area (Å²) >= 11 is 0. The maximum Gasteiger partial charge on any atom is 0.335 e. The molecule has 3 rings (SSSR count). The van der Waals surface area contributed by atoms with Gasteiger partial charge in [0.15, 0.2) is 0 Å². The lowest BCUT2D eigenvalue weighted by atomic mass is 10.1. The smallest absolute Gasteiger partial charge is 0.335 e. The number of aromatic nitrogens is 1. The molecule has 0 spiro atoms. The molecule has 0 amide bonds. The normalized spacial score (nSPS) is 10.5. The van der Waals surface area contributed by atoms with Gasteiger partial charge in [-0.1, -0.05) is 25.1 Å². The van der Waals surface area contributed by atoms with Crippen molar-refractivity contribution in [2.75, 3.05) is 0 Å². The molecule has 0 aliphatic carbocycles. The lowest BCUT2D eigenvalue weighted by Gasteiger charge is -2.06. The molecule has 1 aromatic carbocycles. The Morgan fingerprint density at radius 1 is 1.23 bits per heavy atom. The van der Waals surface area contributed by atoms with Gasteiger partial charge in [0.2, 0.25) is 0 Å². The van der Waals surface area contributed by atoms with Gasteiger partial charge in [-0.25, -0.2) is 4.79 Å². The van der Waals surface area contributed by atoms with E-state index in [9.17, 15) is 10.1 Å². The van der Waals surface area contributed by atoms with Crippen LogP contribution in [0.25, 0.3) is 16.8 Å². The van der Waals surface area contributed by atoms with Gasteiger partial charge in [-0.3, -0.25) is 0 Å². The summed E-state index contributed by atoms with van der Waals surface area (Å²) in [6.45, 7) is 2.08. The Morgan fingerprint density at radius 2 is 1.95 bits per heavy atom. The third-order valence-electron chi connectivity index (χ3n) is 3.78. The van der Waals surface area contributed by atoms with Gasteiger partial charge in [0.05, 0.1) is 22.3 Å².